The maximum atomic E-state index is 11.0. The molecule has 1 amide bonds. The van der Waals surface area contributed by atoms with Gasteiger partial charge in [-0.15, -0.1) is 0 Å². The van der Waals surface area contributed by atoms with Gasteiger partial charge >= 0.3 is 5.97 Å². The Morgan fingerprint density at radius 2 is 2.40 bits per heavy atom. The Labute approximate surface area is 86.7 Å². The number of ether oxygens (including phenoxy) is 1. The number of hydrogen-bond acceptors (Lipinski definition) is 4. The summed E-state index contributed by atoms with van der Waals surface area (Å²) in [7, 11) is 1.47. The Morgan fingerprint density at radius 3 is 3.00 bits per heavy atom. The fourth-order valence-corrected chi connectivity index (χ4v) is 0.793. The standard InChI is InChI=1S/C10H11NO4/c1-11-9(12)7-15-10(13)5-4-8-3-2-6-14-8/h2-6H,7H2,1H3,(H,11,12)/b5-4+. The number of nitrogens with one attached hydrogen (secondary N) is 1. The van der Waals surface area contributed by atoms with Crippen molar-refractivity contribution in [1.29, 1.82) is 0 Å². The summed E-state index contributed by atoms with van der Waals surface area (Å²) in [5.74, 6) is -0.392. The van der Waals surface area contributed by atoms with Crippen molar-refractivity contribution in [2.24, 2.45) is 0 Å². The Bertz CT molecular complexity index is 354. The van der Waals surface area contributed by atoms with Crippen LogP contribution in [0.1, 0.15) is 5.76 Å². The average molecular weight is 209 g/mol. The van der Waals surface area contributed by atoms with Gasteiger partial charge in [0, 0.05) is 13.1 Å². The zero-order chi connectivity index (χ0) is 11.1. The predicted octanol–water partition coefficient (Wildman–Crippen LogP) is 0.582. The first-order chi connectivity index (χ1) is 7.22. The van der Waals surface area contributed by atoms with E-state index in [9.17, 15) is 9.59 Å². The van der Waals surface area contributed by atoms with E-state index in [0.29, 0.717) is 5.76 Å². The molecule has 5 nitrogen and oxygen atoms in total. The fraction of sp³-hybridized carbons (Fsp3) is 0.200. The second kappa shape index (κ2) is 5.64. The number of rotatable bonds is 4. The van der Waals surface area contributed by atoms with Gasteiger partial charge in [-0.25, -0.2) is 4.79 Å². The zero-order valence-corrected chi connectivity index (χ0v) is 8.23. The maximum absolute atomic E-state index is 11.0. The molecule has 1 aromatic rings. The third-order valence-corrected chi connectivity index (χ3v) is 1.55. The Hall–Kier alpha value is -2.04. The molecule has 0 bridgehead atoms. The topological polar surface area (TPSA) is 68.5 Å². The highest BCUT2D eigenvalue weighted by Gasteiger charge is 2.01. The highest BCUT2D eigenvalue weighted by Crippen LogP contribution is 2.02. The number of carbonyl (C=O) groups is 2. The molecule has 1 N–H and O–H groups in total. The molecule has 80 valence electrons. The molecule has 0 aliphatic rings. The summed E-state index contributed by atoms with van der Waals surface area (Å²) < 4.78 is 9.57. The van der Waals surface area contributed by atoms with Crippen molar-refractivity contribution in [3.8, 4) is 0 Å². The summed E-state index contributed by atoms with van der Waals surface area (Å²) >= 11 is 0. The second-order valence-electron chi connectivity index (χ2n) is 2.63. The molecule has 1 rings (SSSR count). The van der Waals surface area contributed by atoms with E-state index in [1.165, 1.54) is 25.5 Å². The fourth-order valence-electron chi connectivity index (χ4n) is 0.793. The molecule has 0 fully saturated rings. The summed E-state index contributed by atoms with van der Waals surface area (Å²) in [6.07, 6.45) is 4.16. The van der Waals surface area contributed by atoms with E-state index >= 15 is 0 Å². The van der Waals surface area contributed by atoms with Crippen molar-refractivity contribution in [3.63, 3.8) is 0 Å². The summed E-state index contributed by atoms with van der Waals surface area (Å²) in [5.41, 5.74) is 0. The molecule has 5 heteroatoms. The van der Waals surface area contributed by atoms with Crippen LogP contribution >= 0.6 is 0 Å². The Kier molecular flexibility index (Phi) is 4.15. The third-order valence-electron chi connectivity index (χ3n) is 1.55. The highest BCUT2D eigenvalue weighted by molar-refractivity contribution is 5.88. The molecule has 1 heterocycles. The van der Waals surface area contributed by atoms with Crippen LogP contribution in [0.4, 0.5) is 0 Å². The maximum Gasteiger partial charge on any atom is 0.331 e. The molecule has 0 spiro atoms. The van der Waals surface area contributed by atoms with Crippen LogP contribution in [0.15, 0.2) is 28.9 Å². The minimum absolute atomic E-state index is 0.280. The molecule has 0 atom stereocenters. The van der Waals surface area contributed by atoms with Crippen LogP contribution in [0.25, 0.3) is 6.08 Å². The van der Waals surface area contributed by atoms with E-state index in [1.807, 2.05) is 0 Å². The molecule has 0 aromatic carbocycles. The number of furan rings is 1. The Balaban J connectivity index is 2.33. The van der Waals surface area contributed by atoms with Gasteiger partial charge < -0.3 is 14.5 Å². The molecular formula is C10H11NO4. The van der Waals surface area contributed by atoms with E-state index in [-0.39, 0.29) is 12.5 Å². The van der Waals surface area contributed by atoms with Crippen LogP contribution in [0.3, 0.4) is 0 Å². The highest BCUT2D eigenvalue weighted by atomic mass is 16.5. The largest absolute Gasteiger partial charge is 0.465 e. The van der Waals surface area contributed by atoms with Crippen molar-refractivity contribution < 1.29 is 18.7 Å². The van der Waals surface area contributed by atoms with Gasteiger partial charge in [0.1, 0.15) is 5.76 Å². The van der Waals surface area contributed by atoms with Gasteiger partial charge in [0.15, 0.2) is 6.61 Å². The van der Waals surface area contributed by atoms with Crippen LogP contribution in [0, 0.1) is 0 Å². The first-order valence-corrected chi connectivity index (χ1v) is 4.31. The molecule has 0 unspecified atom stereocenters. The quantitative estimate of drug-likeness (QED) is 0.581. The number of hydrogen-bond donors (Lipinski definition) is 1. The summed E-state index contributed by atoms with van der Waals surface area (Å²) in [5, 5.41) is 2.33. The second-order valence-corrected chi connectivity index (χ2v) is 2.63. The van der Waals surface area contributed by atoms with Gasteiger partial charge in [-0.3, -0.25) is 4.79 Å². The van der Waals surface area contributed by atoms with Crippen molar-refractivity contribution in [2.75, 3.05) is 13.7 Å². The lowest BCUT2D eigenvalue weighted by molar-refractivity contribution is -0.143. The third kappa shape index (κ3) is 4.12. The predicted molar refractivity (Wildman–Crippen MR) is 52.8 cm³/mol. The van der Waals surface area contributed by atoms with Crippen LogP contribution in [-0.2, 0) is 14.3 Å². The van der Waals surface area contributed by atoms with Gasteiger partial charge in [-0.05, 0) is 18.2 Å². The molecule has 15 heavy (non-hydrogen) atoms. The molecule has 0 aliphatic carbocycles. The van der Waals surface area contributed by atoms with Crippen LogP contribution in [0.5, 0.6) is 0 Å². The lowest BCUT2D eigenvalue weighted by Crippen LogP contribution is -2.24. The normalized spacial score (nSPS) is 10.2. The number of amides is 1. The van der Waals surface area contributed by atoms with E-state index in [4.69, 9.17) is 4.42 Å². The van der Waals surface area contributed by atoms with Gasteiger partial charge in [0.05, 0.1) is 6.26 Å². The summed E-state index contributed by atoms with van der Waals surface area (Å²) in [6, 6.07) is 3.40. The monoisotopic (exact) mass is 209 g/mol. The van der Waals surface area contributed by atoms with Gasteiger partial charge in [-0.1, -0.05) is 0 Å². The molecule has 0 saturated carbocycles. The molecular weight excluding hydrogens is 198 g/mol. The van der Waals surface area contributed by atoms with Crippen molar-refractivity contribution >= 4 is 18.0 Å². The number of esters is 1. The molecule has 0 radical (unpaired) electrons. The first kappa shape index (κ1) is 11.0. The summed E-state index contributed by atoms with van der Waals surface area (Å²) in [4.78, 5) is 21.7. The molecule has 0 aliphatic heterocycles. The van der Waals surface area contributed by atoms with E-state index in [0.717, 1.165) is 0 Å². The first-order valence-electron chi connectivity index (χ1n) is 4.31. The van der Waals surface area contributed by atoms with Crippen LogP contribution in [0.2, 0.25) is 0 Å². The van der Waals surface area contributed by atoms with Gasteiger partial charge in [0.25, 0.3) is 5.91 Å². The van der Waals surface area contributed by atoms with Crippen molar-refractivity contribution in [2.45, 2.75) is 0 Å². The van der Waals surface area contributed by atoms with Crippen LogP contribution in [-0.4, -0.2) is 25.5 Å². The smallest absolute Gasteiger partial charge is 0.331 e. The SMILES string of the molecule is CNC(=O)COC(=O)/C=C/c1ccco1. The van der Waals surface area contributed by atoms with Gasteiger partial charge in [0.2, 0.25) is 0 Å². The minimum Gasteiger partial charge on any atom is -0.465 e. The molecule has 0 saturated heterocycles. The van der Waals surface area contributed by atoms with Crippen molar-refractivity contribution in [3.05, 3.63) is 30.2 Å². The number of carbonyl (C=O) groups excluding carboxylic acids is 2. The zero-order valence-electron chi connectivity index (χ0n) is 8.23. The lowest BCUT2D eigenvalue weighted by Gasteiger charge is -1.99. The molecule has 1 aromatic heterocycles. The van der Waals surface area contributed by atoms with Crippen LogP contribution < -0.4 is 5.32 Å². The average Bonchev–Trinajstić information content (AvgIpc) is 2.75. The number of likely N-dealkylation sites (N-methyl/N-ethyl adjacent to an activating group) is 1. The Morgan fingerprint density at radius 1 is 1.60 bits per heavy atom. The van der Waals surface area contributed by atoms with E-state index in [1.54, 1.807) is 12.1 Å². The summed E-state index contributed by atoms with van der Waals surface area (Å²) in [6.45, 7) is -0.280. The minimum atomic E-state index is -0.588. The van der Waals surface area contributed by atoms with Crippen molar-refractivity contribution in [1.82, 2.24) is 5.32 Å². The van der Waals surface area contributed by atoms with Gasteiger partial charge in [-0.2, -0.15) is 0 Å². The lowest BCUT2D eigenvalue weighted by atomic mass is 10.4. The van der Waals surface area contributed by atoms with E-state index in [2.05, 4.69) is 10.1 Å². The van der Waals surface area contributed by atoms with E-state index < -0.39 is 5.97 Å².